The van der Waals surface area contributed by atoms with Gasteiger partial charge in [-0.25, -0.2) is 4.98 Å². The van der Waals surface area contributed by atoms with Crippen molar-refractivity contribution in [3.05, 3.63) is 17.8 Å². The van der Waals surface area contributed by atoms with Crippen LogP contribution in [0.1, 0.15) is 30.6 Å². The molecule has 2 unspecified atom stereocenters. The number of pyridine rings is 1. The summed E-state index contributed by atoms with van der Waals surface area (Å²) in [6.07, 6.45) is 2.18. The summed E-state index contributed by atoms with van der Waals surface area (Å²) in [6.45, 7) is 3.85. The number of methoxy groups -OCH3 is 1. The number of carbonyl (C=O) groups is 2. The van der Waals surface area contributed by atoms with E-state index in [1.807, 2.05) is 13.8 Å². The molecule has 0 fully saturated rings. The van der Waals surface area contributed by atoms with E-state index in [0.29, 0.717) is 5.69 Å². The van der Waals surface area contributed by atoms with Crippen molar-refractivity contribution in [2.24, 2.45) is 17.4 Å². The van der Waals surface area contributed by atoms with Crippen LogP contribution >= 0.6 is 0 Å². The van der Waals surface area contributed by atoms with Gasteiger partial charge in [-0.1, -0.05) is 20.3 Å². The number of nitrogens with one attached hydrogen (secondary N) is 1. The smallest absolute Gasteiger partial charge is 0.254 e. The molecule has 0 spiro atoms. The molecule has 7 nitrogen and oxygen atoms in total. The number of nitrogens with zero attached hydrogens (tertiary/aromatic N) is 1. The summed E-state index contributed by atoms with van der Waals surface area (Å²) in [4.78, 5) is 27.1. The van der Waals surface area contributed by atoms with Gasteiger partial charge in [-0.3, -0.25) is 9.59 Å². The standard InChI is InChI=1S/C13H20N4O3/c1-4-7(2)10(14)12(19)17-8-5-9(11(15)18)13(20-3)16-6-8/h5-7,10H,4,14H2,1-3H3,(H2,15,18)(H,17,19). The van der Waals surface area contributed by atoms with Crippen molar-refractivity contribution in [2.45, 2.75) is 26.3 Å². The van der Waals surface area contributed by atoms with Gasteiger partial charge >= 0.3 is 0 Å². The van der Waals surface area contributed by atoms with Gasteiger partial charge < -0.3 is 21.5 Å². The van der Waals surface area contributed by atoms with Gasteiger partial charge in [0.1, 0.15) is 5.56 Å². The van der Waals surface area contributed by atoms with Crippen LogP contribution in [0.5, 0.6) is 5.88 Å². The third-order valence-electron chi connectivity index (χ3n) is 3.14. The van der Waals surface area contributed by atoms with Crippen molar-refractivity contribution in [3.8, 4) is 5.88 Å². The Morgan fingerprint density at radius 1 is 1.50 bits per heavy atom. The van der Waals surface area contributed by atoms with Crippen LogP contribution < -0.4 is 21.5 Å². The molecule has 2 atom stereocenters. The molecule has 7 heteroatoms. The monoisotopic (exact) mass is 280 g/mol. The molecule has 0 radical (unpaired) electrons. The maximum absolute atomic E-state index is 11.9. The molecule has 0 saturated heterocycles. The molecule has 0 aliphatic rings. The second kappa shape index (κ2) is 6.85. The van der Waals surface area contributed by atoms with Gasteiger partial charge in [0, 0.05) is 0 Å². The molecule has 1 heterocycles. The van der Waals surface area contributed by atoms with Crippen molar-refractivity contribution in [1.29, 1.82) is 0 Å². The first kappa shape index (κ1) is 15.9. The number of ether oxygens (including phenoxy) is 1. The van der Waals surface area contributed by atoms with E-state index < -0.39 is 11.9 Å². The van der Waals surface area contributed by atoms with Crippen LogP contribution in [0.15, 0.2) is 12.3 Å². The Labute approximate surface area is 117 Å². The molecular weight excluding hydrogens is 260 g/mol. The second-order valence-corrected chi connectivity index (χ2v) is 4.55. The van der Waals surface area contributed by atoms with E-state index in [0.717, 1.165) is 6.42 Å². The van der Waals surface area contributed by atoms with Crippen molar-refractivity contribution < 1.29 is 14.3 Å². The molecule has 1 aromatic heterocycles. The van der Waals surface area contributed by atoms with Crippen LogP contribution in [0.25, 0.3) is 0 Å². The van der Waals surface area contributed by atoms with Gasteiger partial charge in [0.05, 0.1) is 25.0 Å². The lowest BCUT2D eigenvalue weighted by Gasteiger charge is -2.18. The fourth-order valence-electron chi connectivity index (χ4n) is 1.60. The normalized spacial score (nSPS) is 13.4. The Balaban J connectivity index is 2.91. The molecule has 5 N–H and O–H groups in total. The lowest BCUT2D eigenvalue weighted by Crippen LogP contribution is -2.40. The predicted molar refractivity (Wildman–Crippen MR) is 75.4 cm³/mol. The van der Waals surface area contributed by atoms with E-state index in [-0.39, 0.29) is 23.3 Å². The summed E-state index contributed by atoms with van der Waals surface area (Å²) in [5.41, 5.74) is 11.5. The van der Waals surface area contributed by atoms with Crippen LogP contribution in [0.4, 0.5) is 5.69 Å². The van der Waals surface area contributed by atoms with Crippen LogP contribution in [-0.2, 0) is 4.79 Å². The zero-order valence-corrected chi connectivity index (χ0v) is 11.8. The number of carbonyl (C=O) groups excluding carboxylic acids is 2. The van der Waals surface area contributed by atoms with Crippen LogP contribution in [0.3, 0.4) is 0 Å². The number of primary amides is 1. The molecule has 0 bridgehead atoms. The maximum Gasteiger partial charge on any atom is 0.254 e. The zero-order chi connectivity index (χ0) is 15.3. The van der Waals surface area contributed by atoms with E-state index in [1.165, 1.54) is 19.4 Å². The van der Waals surface area contributed by atoms with Gasteiger partial charge in [-0.05, 0) is 12.0 Å². The molecule has 0 aromatic carbocycles. The maximum atomic E-state index is 11.9. The van der Waals surface area contributed by atoms with E-state index in [1.54, 1.807) is 0 Å². The summed E-state index contributed by atoms with van der Waals surface area (Å²) in [6, 6.07) is 0.786. The van der Waals surface area contributed by atoms with E-state index in [4.69, 9.17) is 16.2 Å². The minimum absolute atomic E-state index is 0.0526. The Hall–Kier alpha value is -2.15. The highest BCUT2D eigenvalue weighted by molar-refractivity contribution is 5.99. The van der Waals surface area contributed by atoms with Crippen molar-refractivity contribution in [2.75, 3.05) is 12.4 Å². The summed E-state index contributed by atoms with van der Waals surface area (Å²) < 4.78 is 4.92. The summed E-state index contributed by atoms with van der Waals surface area (Å²) in [7, 11) is 1.38. The first-order valence-corrected chi connectivity index (χ1v) is 6.31. The Kier molecular flexibility index (Phi) is 5.45. The summed E-state index contributed by atoms with van der Waals surface area (Å²) in [5.74, 6) is -0.850. The number of anilines is 1. The number of amides is 2. The minimum atomic E-state index is -0.684. The minimum Gasteiger partial charge on any atom is -0.480 e. The Bertz CT molecular complexity index is 504. The molecule has 110 valence electrons. The quantitative estimate of drug-likeness (QED) is 0.700. The van der Waals surface area contributed by atoms with Crippen molar-refractivity contribution in [1.82, 2.24) is 4.98 Å². The molecule has 1 rings (SSSR count). The topological polar surface area (TPSA) is 120 Å². The lowest BCUT2D eigenvalue weighted by atomic mass is 9.99. The van der Waals surface area contributed by atoms with Crippen LogP contribution in [0, 0.1) is 5.92 Å². The van der Waals surface area contributed by atoms with Crippen LogP contribution in [0.2, 0.25) is 0 Å². The Morgan fingerprint density at radius 2 is 2.15 bits per heavy atom. The highest BCUT2D eigenvalue weighted by Crippen LogP contribution is 2.19. The summed E-state index contributed by atoms with van der Waals surface area (Å²) >= 11 is 0. The van der Waals surface area contributed by atoms with Gasteiger partial charge in [0.15, 0.2) is 0 Å². The average Bonchev–Trinajstić information content (AvgIpc) is 2.45. The van der Waals surface area contributed by atoms with Gasteiger partial charge in [-0.15, -0.1) is 0 Å². The molecule has 2 amide bonds. The predicted octanol–water partition coefficient (Wildman–Crippen LogP) is 0.501. The Morgan fingerprint density at radius 3 is 2.65 bits per heavy atom. The third kappa shape index (κ3) is 3.67. The fraction of sp³-hybridized carbons (Fsp3) is 0.462. The van der Waals surface area contributed by atoms with E-state index >= 15 is 0 Å². The highest BCUT2D eigenvalue weighted by atomic mass is 16.5. The highest BCUT2D eigenvalue weighted by Gasteiger charge is 2.20. The molecular formula is C13H20N4O3. The van der Waals surface area contributed by atoms with Gasteiger partial charge in [0.2, 0.25) is 11.8 Å². The lowest BCUT2D eigenvalue weighted by molar-refractivity contribution is -0.118. The fourth-order valence-corrected chi connectivity index (χ4v) is 1.60. The zero-order valence-electron chi connectivity index (χ0n) is 11.8. The first-order chi connectivity index (χ1) is 9.40. The molecule has 0 aliphatic carbocycles. The molecule has 0 aliphatic heterocycles. The second-order valence-electron chi connectivity index (χ2n) is 4.55. The first-order valence-electron chi connectivity index (χ1n) is 6.31. The van der Waals surface area contributed by atoms with Crippen molar-refractivity contribution in [3.63, 3.8) is 0 Å². The summed E-state index contributed by atoms with van der Waals surface area (Å²) in [5, 5.41) is 2.61. The number of rotatable bonds is 6. The van der Waals surface area contributed by atoms with Gasteiger partial charge in [-0.2, -0.15) is 0 Å². The number of hydrogen-bond acceptors (Lipinski definition) is 5. The number of hydrogen-bond donors (Lipinski definition) is 3. The average molecular weight is 280 g/mol. The SMILES string of the molecule is CCC(C)C(N)C(=O)Nc1cnc(OC)c(C(N)=O)c1. The van der Waals surface area contributed by atoms with Crippen LogP contribution in [-0.4, -0.2) is 29.9 Å². The van der Waals surface area contributed by atoms with Crippen molar-refractivity contribution >= 4 is 17.5 Å². The number of nitrogens with two attached hydrogens (primary N) is 2. The molecule has 0 saturated carbocycles. The number of aromatic nitrogens is 1. The largest absolute Gasteiger partial charge is 0.480 e. The molecule has 1 aromatic rings. The van der Waals surface area contributed by atoms with E-state index in [2.05, 4.69) is 10.3 Å². The van der Waals surface area contributed by atoms with Gasteiger partial charge in [0.25, 0.3) is 5.91 Å². The third-order valence-corrected chi connectivity index (χ3v) is 3.14. The molecule has 20 heavy (non-hydrogen) atoms. The van der Waals surface area contributed by atoms with E-state index in [9.17, 15) is 9.59 Å².